The van der Waals surface area contributed by atoms with Crippen molar-refractivity contribution < 1.29 is 14.6 Å². The zero-order valence-electron chi connectivity index (χ0n) is 6.91. The molecule has 0 aromatic rings. The van der Waals surface area contributed by atoms with Crippen LogP contribution in [-0.2, 0) is 9.47 Å². The zero-order chi connectivity index (χ0) is 8.48. The van der Waals surface area contributed by atoms with Crippen molar-refractivity contribution in [3.8, 4) is 0 Å². The van der Waals surface area contributed by atoms with Crippen molar-refractivity contribution >= 4 is 0 Å². The van der Waals surface area contributed by atoms with E-state index in [9.17, 15) is 0 Å². The highest BCUT2D eigenvalue weighted by Gasteiger charge is 2.32. The van der Waals surface area contributed by atoms with Crippen LogP contribution in [0.15, 0.2) is 0 Å². The Labute approximate surface area is 66.3 Å². The Morgan fingerprint density at radius 3 is 2.73 bits per heavy atom. The minimum absolute atomic E-state index is 0.0648. The molecular formula is C7H15NO3. The lowest BCUT2D eigenvalue weighted by molar-refractivity contribution is -0.141. The van der Waals surface area contributed by atoms with Crippen molar-refractivity contribution in [2.75, 3.05) is 6.61 Å². The van der Waals surface area contributed by atoms with Gasteiger partial charge in [-0.3, -0.25) is 0 Å². The molecule has 11 heavy (non-hydrogen) atoms. The largest absolute Gasteiger partial charge is 0.379 e. The van der Waals surface area contributed by atoms with Crippen LogP contribution in [-0.4, -0.2) is 29.8 Å². The minimum atomic E-state index is -0.808. The number of nitrogens with two attached hydrogens (primary N) is 1. The Kier molecular flexibility index (Phi) is 2.49. The highest BCUT2D eigenvalue weighted by Crippen LogP contribution is 2.23. The van der Waals surface area contributed by atoms with Crippen LogP contribution in [0.4, 0.5) is 0 Å². The van der Waals surface area contributed by atoms with Crippen LogP contribution in [0.2, 0.25) is 0 Å². The first-order valence-corrected chi connectivity index (χ1v) is 3.75. The van der Waals surface area contributed by atoms with Gasteiger partial charge in [0.25, 0.3) is 0 Å². The monoisotopic (exact) mass is 161 g/mol. The van der Waals surface area contributed by atoms with Gasteiger partial charge in [0.05, 0.1) is 12.7 Å². The summed E-state index contributed by atoms with van der Waals surface area (Å²) in [5.74, 6) is -0.514. The molecule has 0 spiro atoms. The van der Waals surface area contributed by atoms with Gasteiger partial charge in [0.1, 0.15) is 6.23 Å². The van der Waals surface area contributed by atoms with Crippen molar-refractivity contribution in [3.63, 3.8) is 0 Å². The Hall–Kier alpha value is -0.160. The number of aliphatic hydroxyl groups is 1. The second kappa shape index (κ2) is 3.06. The lowest BCUT2D eigenvalue weighted by Crippen LogP contribution is -2.28. The van der Waals surface area contributed by atoms with Gasteiger partial charge in [0.15, 0.2) is 5.79 Å². The first kappa shape index (κ1) is 8.93. The molecule has 4 nitrogen and oxygen atoms in total. The van der Waals surface area contributed by atoms with Crippen LogP contribution in [0.3, 0.4) is 0 Å². The first-order chi connectivity index (χ1) is 4.99. The molecule has 1 aliphatic rings. The quantitative estimate of drug-likeness (QED) is 0.551. The molecule has 4 heteroatoms. The lowest BCUT2D eigenvalue weighted by Gasteiger charge is -2.17. The molecular weight excluding hydrogens is 146 g/mol. The van der Waals surface area contributed by atoms with E-state index >= 15 is 0 Å². The SMILES string of the molecule is CC1(C)OC[C@@H](C[C@@H](N)O)O1. The maximum absolute atomic E-state index is 8.83. The predicted octanol–water partition coefficient (Wildman–Crippen LogP) is -0.195. The molecule has 66 valence electrons. The van der Waals surface area contributed by atoms with E-state index in [0.717, 1.165) is 0 Å². The van der Waals surface area contributed by atoms with E-state index < -0.39 is 12.0 Å². The van der Waals surface area contributed by atoms with Gasteiger partial charge in [-0.15, -0.1) is 0 Å². The topological polar surface area (TPSA) is 64.7 Å². The fraction of sp³-hybridized carbons (Fsp3) is 1.00. The second-order valence-corrected chi connectivity index (χ2v) is 3.25. The zero-order valence-corrected chi connectivity index (χ0v) is 6.91. The van der Waals surface area contributed by atoms with E-state index in [1.807, 2.05) is 13.8 Å². The van der Waals surface area contributed by atoms with Gasteiger partial charge in [0.2, 0.25) is 0 Å². The number of hydrogen-bond acceptors (Lipinski definition) is 4. The molecule has 2 atom stereocenters. The van der Waals surface area contributed by atoms with Crippen LogP contribution in [0.1, 0.15) is 20.3 Å². The predicted molar refractivity (Wildman–Crippen MR) is 39.7 cm³/mol. The summed E-state index contributed by atoms with van der Waals surface area (Å²) in [5.41, 5.74) is 5.18. The van der Waals surface area contributed by atoms with Crippen LogP contribution < -0.4 is 5.73 Å². The molecule has 1 heterocycles. The molecule has 0 aliphatic carbocycles. The Morgan fingerprint density at radius 2 is 2.36 bits per heavy atom. The summed E-state index contributed by atoms with van der Waals surface area (Å²) < 4.78 is 10.7. The third kappa shape index (κ3) is 2.75. The molecule has 0 amide bonds. The van der Waals surface area contributed by atoms with Gasteiger partial charge < -0.3 is 20.3 Å². The summed E-state index contributed by atoms with van der Waals surface area (Å²) in [6, 6.07) is 0. The molecule has 0 unspecified atom stereocenters. The summed E-state index contributed by atoms with van der Waals surface area (Å²) in [5, 5.41) is 8.83. The van der Waals surface area contributed by atoms with Gasteiger partial charge in [0, 0.05) is 6.42 Å². The summed E-state index contributed by atoms with van der Waals surface area (Å²) in [6.45, 7) is 4.20. The summed E-state index contributed by atoms with van der Waals surface area (Å²) in [7, 11) is 0. The standard InChI is InChI=1S/C7H15NO3/c1-7(2)10-4-5(11-7)3-6(8)9/h5-6,9H,3-4,8H2,1-2H3/t5-,6+/m1/s1. The average molecular weight is 161 g/mol. The van der Waals surface area contributed by atoms with Crippen molar-refractivity contribution in [2.24, 2.45) is 5.73 Å². The lowest BCUT2D eigenvalue weighted by atomic mass is 10.2. The van der Waals surface area contributed by atoms with Crippen molar-refractivity contribution in [1.82, 2.24) is 0 Å². The van der Waals surface area contributed by atoms with Crippen molar-refractivity contribution in [3.05, 3.63) is 0 Å². The maximum atomic E-state index is 8.83. The van der Waals surface area contributed by atoms with Crippen LogP contribution >= 0.6 is 0 Å². The maximum Gasteiger partial charge on any atom is 0.163 e. The van der Waals surface area contributed by atoms with Gasteiger partial charge in [-0.2, -0.15) is 0 Å². The van der Waals surface area contributed by atoms with Gasteiger partial charge in [-0.05, 0) is 13.8 Å². The van der Waals surface area contributed by atoms with E-state index in [0.29, 0.717) is 13.0 Å². The molecule has 1 rings (SSSR count). The van der Waals surface area contributed by atoms with E-state index in [-0.39, 0.29) is 6.10 Å². The summed E-state index contributed by atoms with van der Waals surface area (Å²) >= 11 is 0. The molecule has 1 saturated heterocycles. The summed E-state index contributed by atoms with van der Waals surface area (Å²) in [4.78, 5) is 0. The highest BCUT2D eigenvalue weighted by atomic mass is 16.7. The smallest absolute Gasteiger partial charge is 0.163 e. The molecule has 1 fully saturated rings. The third-order valence-electron chi connectivity index (χ3n) is 1.57. The van der Waals surface area contributed by atoms with Gasteiger partial charge in [-0.1, -0.05) is 0 Å². The number of ether oxygens (including phenoxy) is 2. The highest BCUT2D eigenvalue weighted by molar-refractivity contribution is 4.71. The fourth-order valence-corrected chi connectivity index (χ4v) is 1.15. The Balaban J connectivity index is 2.31. The van der Waals surface area contributed by atoms with Gasteiger partial charge in [-0.25, -0.2) is 0 Å². The van der Waals surface area contributed by atoms with E-state index in [4.69, 9.17) is 20.3 Å². The van der Waals surface area contributed by atoms with Crippen LogP contribution in [0.5, 0.6) is 0 Å². The molecule has 0 aromatic heterocycles. The molecule has 0 aromatic carbocycles. The van der Waals surface area contributed by atoms with E-state index in [1.165, 1.54) is 0 Å². The van der Waals surface area contributed by atoms with E-state index in [2.05, 4.69) is 0 Å². The molecule has 0 saturated carbocycles. The van der Waals surface area contributed by atoms with Gasteiger partial charge >= 0.3 is 0 Å². The average Bonchev–Trinajstić information content (AvgIpc) is 2.08. The number of hydrogen-bond donors (Lipinski definition) is 2. The number of aliphatic hydroxyl groups excluding tert-OH is 1. The molecule has 0 radical (unpaired) electrons. The second-order valence-electron chi connectivity index (χ2n) is 3.25. The Bertz CT molecular complexity index is 136. The Morgan fingerprint density at radius 1 is 1.73 bits per heavy atom. The normalized spacial score (nSPS) is 32.2. The van der Waals surface area contributed by atoms with Crippen molar-refractivity contribution in [2.45, 2.75) is 38.4 Å². The van der Waals surface area contributed by atoms with Crippen LogP contribution in [0.25, 0.3) is 0 Å². The van der Waals surface area contributed by atoms with Crippen LogP contribution in [0, 0.1) is 0 Å². The molecule has 1 aliphatic heterocycles. The fourth-order valence-electron chi connectivity index (χ4n) is 1.15. The third-order valence-corrected chi connectivity index (χ3v) is 1.57. The molecule has 3 N–H and O–H groups in total. The minimum Gasteiger partial charge on any atom is -0.379 e. The van der Waals surface area contributed by atoms with E-state index in [1.54, 1.807) is 0 Å². The van der Waals surface area contributed by atoms with Crippen molar-refractivity contribution in [1.29, 1.82) is 0 Å². The summed E-state index contributed by atoms with van der Waals surface area (Å²) in [6.07, 6.45) is -0.439. The molecule has 0 bridgehead atoms. The number of rotatable bonds is 2. The first-order valence-electron chi connectivity index (χ1n) is 3.75.